The van der Waals surface area contributed by atoms with Crippen molar-refractivity contribution in [3.8, 4) is 5.75 Å². The van der Waals surface area contributed by atoms with E-state index in [4.69, 9.17) is 16.3 Å². The van der Waals surface area contributed by atoms with Crippen LogP contribution in [0.5, 0.6) is 5.75 Å². The molecule has 20 heavy (non-hydrogen) atoms. The lowest BCUT2D eigenvalue weighted by atomic mass is 10.0. The molecule has 0 amide bonds. The summed E-state index contributed by atoms with van der Waals surface area (Å²) >= 11 is 11.4. The van der Waals surface area contributed by atoms with Crippen LogP contribution in [0.2, 0.25) is 5.02 Å². The monoisotopic (exact) mass is 373 g/mol. The van der Waals surface area contributed by atoms with E-state index in [0.717, 1.165) is 33.1 Å². The van der Waals surface area contributed by atoms with Gasteiger partial charge >= 0.3 is 0 Å². The quantitative estimate of drug-likeness (QED) is 0.762. The second-order valence-corrected chi connectivity index (χ2v) is 7.34. The molecule has 0 aliphatic heterocycles. The molecule has 0 fully saturated rings. The number of ether oxygens (including phenoxy) is 1. The van der Waals surface area contributed by atoms with Gasteiger partial charge in [0.25, 0.3) is 0 Å². The fraction of sp³-hybridized carbons (Fsp3) is 0.333. The number of thiophene rings is 1. The van der Waals surface area contributed by atoms with Gasteiger partial charge in [0.2, 0.25) is 0 Å². The number of methoxy groups -OCH3 is 1. The number of hydrogen-bond acceptors (Lipinski definition) is 3. The van der Waals surface area contributed by atoms with Crippen molar-refractivity contribution in [2.45, 2.75) is 19.4 Å². The highest BCUT2D eigenvalue weighted by molar-refractivity contribution is 9.11. The third-order valence-corrected chi connectivity index (χ3v) is 5.03. The molecule has 108 valence electrons. The summed E-state index contributed by atoms with van der Waals surface area (Å²) in [7, 11) is 1.69. The summed E-state index contributed by atoms with van der Waals surface area (Å²) in [5, 5.41) is 4.26. The number of hydrogen-bond donors (Lipinski definition) is 1. The maximum Gasteiger partial charge on any atom is 0.122 e. The minimum Gasteiger partial charge on any atom is -0.496 e. The van der Waals surface area contributed by atoms with Gasteiger partial charge in [-0.2, -0.15) is 0 Å². The van der Waals surface area contributed by atoms with Crippen LogP contribution in [0.1, 0.15) is 23.4 Å². The molecule has 2 nitrogen and oxygen atoms in total. The molecule has 1 heterocycles. The minimum atomic E-state index is 0.267. The van der Waals surface area contributed by atoms with Gasteiger partial charge in [0.05, 0.1) is 10.9 Å². The zero-order valence-corrected chi connectivity index (χ0v) is 14.6. The van der Waals surface area contributed by atoms with Crippen molar-refractivity contribution in [1.29, 1.82) is 0 Å². The lowest BCUT2D eigenvalue weighted by molar-refractivity contribution is 0.406. The molecule has 0 aliphatic carbocycles. The fourth-order valence-electron chi connectivity index (χ4n) is 2.16. The van der Waals surface area contributed by atoms with Crippen molar-refractivity contribution in [3.05, 3.63) is 49.6 Å². The summed E-state index contributed by atoms with van der Waals surface area (Å²) in [4.78, 5) is 1.31. The molecular weight excluding hydrogens is 358 g/mol. The lowest BCUT2D eigenvalue weighted by Gasteiger charge is -2.18. The zero-order valence-electron chi connectivity index (χ0n) is 11.5. The molecule has 0 saturated heterocycles. The van der Waals surface area contributed by atoms with E-state index in [-0.39, 0.29) is 6.04 Å². The van der Waals surface area contributed by atoms with Gasteiger partial charge in [-0.05, 0) is 64.8 Å². The summed E-state index contributed by atoms with van der Waals surface area (Å²) in [5.74, 6) is 0.882. The Kier molecular flexibility index (Phi) is 5.90. The summed E-state index contributed by atoms with van der Waals surface area (Å²) in [5.41, 5.74) is 1.12. The number of nitrogens with one attached hydrogen (secondary N) is 1. The van der Waals surface area contributed by atoms with Gasteiger partial charge in [0.1, 0.15) is 5.75 Å². The van der Waals surface area contributed by atoms with E-state index < -0.39 is 0 Å². The standard InChI is InChI=1S/C15H17BrClNOS/c1-3-18-12(14-6-7-15(16)20-14)9-10-8-11(17)4-5-13(10)19-2/h4-8,12,18H,3,9H2,1-2H3. The summed E-state index contributed by atoms with van der Waals surface area (Å²) in [6.45, 7) is 3.04. The van der Waals surface area contributed by atoms with Crippen molar-refractivity contribution in [1.82, 2.24) is 5.32 Å². The maximum absolute atomic E-state index is 6.10. The van der Waals surface area contributed by atoms with E-state index in [1.165, 1.54) is 4.88 Å². The predicted molar refractivity (Wildman–Crippen MR) is 90.1 cm³/mol. The third-order valence-electron chi connectivity index (χ3n) is 3.05. The Labute approximate surface area is 137 Å². The Hall–Kier alpha value is -0.550. The van der Waals surface area contributed by atoms with Crippen molar-refractivity contribution >= 4 is 38.9 Å². The summed E-state index contributed by atoms with van der Waals surface area (Å²) < 4.78 is 6.57. The van der Waals surface area contributed by atoms with E-state index in [9.17, 15) is 0 Å². The molecule has 1 N–H and O–H groups in total. The van der Waals surface area contributed by atoms with E-state index in [1.807, 2.05) is 18.2 Å². The molecule has 1 atom stereocenters. The largest absolute Gasteiger partial charge is 0.496 e. The Morgan fingerprint density at radius 2 is 2.15 bits per heavy atom. The van der Waals surface area contributed by atoms with E-state index in [1.54, 1.807) is 18.4 Å². The molecule has 0 radical (unpaired) electrons. The Balaban J connectivity index is 2.26. The lowest BCUT2D eigenvalue weighted by Crippen LogP contribution is -2.22. The first-order chi connectivity index (χ1) is 9.63. The van der Waals surface area contributed by atoms with Crippen molar-refractivity contribution in [2.24, 2.45) is 0 Å². The Bertz CT molecular complexity index is 573. The van der Waals surface area contributed by atoms with Crippen molar-refractivity contribution in [3.63, 3.8) is 0 Å². The van der Waals surface area contributed by atoms with Crippen LogP contribution in [0.15, 0.2) is 34.1 Å². The molecule has 1 aromatic heterocycles. The summed E-state index contributed by atoms with van der Waals surface area (Å²) in [6.07, 6.45) is 0.852. The van der Waals surface area contributed by atoms with Gasteiger partial charge in [-0.15, -0.1) is 11.3 Å². The second-order valence-electron chi connectivity index (χ2n) is 4.41. The molecule has 0 saturated carbocycles. The number of rotatable bonds is 6. The first kappa shape index (κ1) is 15.8. The van der Waals surface area contributed by atoms with Crippen LogP contribution in [-0.4, -0.2) is 13.7 Å². The van der Waals surface area contributed by atoms with E-state index >= 15 is 0 Å². The first-order valence-corrected chi connectivity index (χ1v) is 8.43. The SMILES string of the molecule is CCNC(Cc1cc(Cl)ccc1OC)c1ccc(Br)s1. The third kappa shape index (κ3) is 3.98. The van der Waals surface area contributed by atoms with Gasteiger partial charge in [0, 0.05) is 15.9 Å². The molecule has 1 unspecified atom stereocenters. The van der Waals surface area contributed by atoms with Gasteiger partial charge in [-0.3, -0.25) is 0 Å². The van der Waals surface area contributed by atoms with E-state index in [2.05, 4.69) is 40.3 Å². The average Bonchev–Trinajstić information content (AvgIpc) is 2.85. The smallest absolute Gasteiger partial charge is 0.122 e. The molecule has 2 rings (SSSR count). The van der Waals surface area contributed by atoms with Gasteiger partial charge in [-0.25, -0.2) is 0 Å². The number of benzene rings is 1. The second kappa shape index (κ2) is 7.46. The Morgan fingerprint density at radius 3 is 2.75 bits per heavy atom. The molecule has 0 aliphatic rings. The highest BCUT2D eigenvalue weighted by atomic mass is 79.9. The van der Waals surface area contributed by atoms with Crippen LogP contribution in [0, 0.1) is 0 Å². The van der Waals surface area contributed by atoms with Crippen LogP contribution >= 0.6 is 38.9 Å². The molecule has 1 aromatic carbocycles. The van der Waals surface area contributed by atoms with Gasteiger partial charge < -0.3 is 10.1 Å². The molecular formula is C15H17BrClNOS. The van der Waals surface area contributed by atoms with E-state index in [0.29, 0.717) is 0 Å². The highest BCUT2D eigenvalue weighted by Gasteiger charge is 2.16. The number of halogens is 2. The molecule has 0 bridgehead atoms. The highest BCUT2D eigenvalue weighted by Crippen LogP contribution is 2.32. The van der Waals surface area contributed by atoms with Crippen LogP contribution in [0.3, 0.4) is 0 Å². The van der Waals surface area contributed by atoms with Crippen LogP contribution in [-0.2, 0) is 6.42 Å². The van der Waals surface area contributed by atoms with Crippen LogP contribution in [0.4, 0.5) is 0 Å². The maximum atomic E-state index is 6.10. The molecule has 0 spiro atoms. The fourth-order valence-corrected chi connectivity index (χ4v) is 3.86. The summed E-state index contributed by atoms with van der Waals surface area (Å²) in [6, 6.07) is 10.3. The van der Waals surface area contributed by atoms with Crippen LogP contribution < -0.4 is 10.1 Å². The van der Waals surface area contributed by atoms with Crippen molar-refractivity contribution in [2.75, 3.05) is 13.7 Å². The number of likely N-dealkylation sites (N-methyl/N-ethyl adjacent to an activating group) is 1. The predicted octanol–water partition coefficient (Wildman–Crippen LogP) is 5.07. The van der Waals surface area contributed by atoms with Gasteiger partial charge in [-0.1, -0.05) is 18.5 Å². The topological polar surface area (TPSA) is 21.3 Å². The molecule has 5 heteroatoms. The molecule has 2 aromatic rings. The van der Waals surface area contributed by atoms with Crippen molar-refractivity contribution < 1.29 is 4.74 Å². The Morgan fingerprint density at radius 1 is 1.35 bits per heavy atom. The zero-order chi connectivity index (χ0) is 14.5. The average molecular weight is 375 g/mol. The van der Waals surface area contributed by atoms with Gasteiger partial charge in [0.15, 0.2) is 0 Å². The minimum absolute atomic E-state index is 0.267. The normalized spacial score (nSPS) is 12.4. The first-order valence-electron chi connectivity index (χ1n) is 6.45. The van der Waals surface area contributed by atoms with Crippen LogP contribution in [0.25, 0.3) is 0 Å².